The van der Waals surface area contributed by atoms with Crippen LogP contribution in [0.2, 0.25) is 0 Å². The van der Waals surface area contributed by atoms with Gasteiger partial charge in [0.05, 0.1) is 0 Å². The maximum absolute atomic E-state index is 2.49. The maximum atomic E-state index is 2.49. The van der Waals surface area contributed by atoms with Gasteiger partial charge in [-0.25, -0.2) is 0 Å². The van der Waals surface area contributed by atoms with E-state index in [2.05, 4.69) is 46.8 Å². The minimum absolute atomic E-state index is 0.664. The summed E-state index contributed by atoms with van der Waals surface area (Å²) in [6, 6.07) is 0. The van der Waals surface area contributed by atoms with Gasteiger partial charge >= 0.3 is 0 Å². The molecule has 1 aliphatic rings. The van der Waals surface area contributed by atoms with Crippen molar-refractivity contribution >= 4 is 0 Å². The number of hydrogen-bond acceptors (Lipinski definition) is 0. The van der Waals surface area contributed by atoms with Gasteiger partial charge in [0.2, 0.25) is 0 Å². The van der Waals surface area contributed by atoms with E-state index in [1.54, 1.807) is 5.57 Å². The second-order valence-electron chi connectivity index (χ2n) is 6.75. The zero-order valence-electron chi connectivity index (χ0n) is 13.2. The van der Waals surface area contributed by atoms with Crippen molar-refractivity contribution in [2.45, 2.75) is 79.6 Å². The fourth-order valence-corrected chi connectivity index (χ4v) is 2.85. The van der Waals surface area contributed by atoms with Crippen LogP contribution in [0.1, 0.15) is 79.6 Å². The molecule has 0 spiro atoms. The second-order valence-corrected chi connectivity index (χ2v) is 6.75. The lowest BCUT2D eigenvalue weighted by Gasteiger charge is -2.10. The van der Waals surface area contributed by atoms with Crippen molar-refractivity contribution in [2.24, 2.45) is 11.3 Å². The van der Waals surface area contributed by atoms with Crippen molar-refractivity contribution in [3.05, 3.63) is 23.3 Å². The fourth-order valence-electron chi connectivity index (χ4n) is 2.85. The van der Waals surface area contributed by atoms with E-state index in [1.807, 2.05) is 0 Å². The molecular weight excluding hydrogens is 216 g/mol. The Morgan fingerprint density at radius 2 is 1.89 bits per heavy atom. The summed E-state index contributed by atoms with van der Waals surface area (Å²) in [7, 11) is 0. The van der Waals surface area contributed by atoms with Gasteiger partial charge in [0.25, 0.3) is 0 Å². The Kier molecular flexibility index (Phi) is 6.18. The van der Waals surface area contributed by atoms with Crippen LogP contribution < -0.4 is 0 Å². The summed E-state index contributed by atoms with van der Waals surface area (Å²) in [5, 5.41) is 0. The van der Waals surface area contributed by atoms with Crippen LogP contribution in [-0.4, -0.2) is 0 Å². The SMILES string of the molecule is CCC/C=C(\C)CCC1CC1(C)CCC=C(C)C. The summed E-state index contributed by atoms with van der Waals surface area (Å²) in [5.41, 5.74) is 3.74. The van der Waals surface area contributed by atoms with E-state index < -0.39 is 0 Å². The molecule has 1 saturated carbocycles. The van der Waals surface area contributed by atoms with E-state index in [0.717, 1.165) is 5.92 Å². The Balaban J connectivity index is 2.21. The highest BCUT2D eigenvalue weighted by molar-refractivity contribution is 5.05. The summed E-state index contributed by atoms with van der Waals surface area (Å²) in [5.74, 6) is 0.994. The summed E-state index contributed by atoms with van der Waals surface area (Å²) in [6.07, 6.45) is 14.2. The second kappa shape index (κ2) is 7.16. The maximum Gasteiger partial charge on any atom is -0.0291 e. The molecule has 0 bridgehead atoms. The highest BCUT2D eigenvalue weighted by Gasteiger charge is 2.47. The van der Waals surface area contributed by atoms with Gasteiger partial charge in [0.15, 0.2) is 0 Å². The standard InChI is InChI=1S/C18H32/c1-6-7-10-16(4)11-12-17-14-18(17,5)13-8-9-15(2)3/h9-10,17H,6-8,11-14H2,1-5H3/b16-10+. The van der Waals surface area contributed by atoms with Crippen LogP contribution in [0.25, 0.3) is 0 Å². The molecule has 1 aliphatic carbocycles. The molecule has 0 aromatic carbocycles. The quantitative estimate of drug-likeness (QED) is 0.443. The van der Waals surface area contributed by atoms with Crippen LogP contribution in [0.3, 0.4) is 0 Å². The minimum Gasteiger partial charge on any atom is -0.0859 e. The van der Waals surface area contributed by atoms with E-state index in [-0.39, 0.29) is 0 Å². The first kappa shape index (κ1) is 15.5. The lowest BCUT2D eigenvalue weighted by Crippen LogP contribution is -1.98. The normalized spacial score (nSPS) is 27.2. The monoisotopic (exact) mass is 248 g/mol. The van der Waals surface area contributed by atoms with E-state index in [9.17, 15) is 0 Å². The van der Waals surface area contributed by atoms with E-state index >= 15 is 0 Å². The summed E-state index contributed by atoms with van der Waals surface area (Å²) in [4.78, 5) is 0. The Labute approximate surface area is 115 Å². The van der Waals surface area contributed by atoms with Crippen LogP contribution in [0.15, 0.2) is 23.3 Å². The fraction of sp³-hybridized carbons (Fsp3) is 0.778. The molecule has 1 rings (SSSR count). The zero-order chi connectivity index (χ0) is 13.6. The molecule has 2 atom stereocenters. The van der Waals surface area contributed by atoms with E-state index in [4.69, 9.17) is 0 Å². The molecule has 0 aromatic heterocycles. The predicted octanol–water partition coefficient (Wildman–Crippen LogP) is 6.29. The van der Waals surface area contributed by atoms with Crippen LogP contribution >= 0.6 is 0 Å². The number of unbranched alkanes of at least 4 members (excludes halogenated alkanes) is 1. The topological polar surface area (TPSA) is 0 Å². The number of hydrogen-bond donors (Lipinski definition) is 0. The van der Waals surface area contributed by atoms with Gasteiger partial charge in [0, 0.05) is 0 Å². The third kappa shape index (κ3) is 5.42. The van der Waals surface area contributed by atoms with Crippen molar-refractivity contribution < 1.29 is 0 Å². The molecule has 0 N–H and O–H groups in total. The van der Waals surface area contributed by atoms with Gasteiger partial charge < -0.3 is 0 Å². The molecule has 0 aromatic rings. The van der Waals surface area contributed by atoms with Gasteiger partial charge in [-0.1, -0.05) is 43.6 Å². The average molecular weight is 248 g/mol. The van der Waals surface area contributed by atoms with E-state index in [0.29, 0.717) is 5.41 Å². The molecule has 18 heavy (non-hydrogen) atoms. The van der Waals surface area contributed by atoms with Crippen molar-refractivity contribution in [1.82, 2.24) is 0 Å². The molecule has 0 radical (unpaired) electrons. The highest BCUT2D eigenvalue weighted by Crippen LogP contribution is 2.58. The van der Waals surface area contributed by atoms with Crippen molar-refractivity contribution in [3.63, 3.8) is 0 Å². The lowest BCUT2D eigenvalue weighted by molar-refractivity contribution is 0.450. The summed E-state index contributed by atoms with van der Waals surface area (Å²) >= 11 is 0. The minimum atomic E-state index is 0.664. The third-order valence-corrected chi connectivity index (χ3v) is 4.47. The third-order valence-electron chi connectivity index (χ3n) is 4.47. The van der Waals surface area contributed by atoms with Gasteiger partial charge in [-0.15, -0.1) is 0 Å². The first-order valence-electron chi connectivity index (χ1n) is 7.77. The molecule has 0 heteroatoms. The first-order chi connectivity index (χ1) is 8.48. The van der Waals surface area contributed by atoms with Gasteiger partial charge in [-0.2, -0.15) is 0 Å². The Hall–Kier alpha value is -0.520. The molecule has 0 nitrogen and oxygen atoms in total. The van der Waals surface area contributed by atoms with Crippen LogP contribution in [0, 0.1) is 11.3 Å². The number of allylic oxidation sites excluding steroid dienone is 4. The van der Waals surface area contributed by atoms with Gasteiger partial charge in [-0.05, 0) is 70.6 Å². The number of rotatable bonds is 8. The van der Waals surface area contributed by atoms with Crippen LogP contribution in [0.5, 0.6) is 0 Å². The molecule has 1 fully saturated rings. The molecule has 0 aliphatic heterocycles. The molecule has 0 heterocycles. The largest absolute Gasteiger partial charge is 0.0859 e. The molecular formula is C18H32. The molecule has 0 saturated heterocycles. The van der Waals surface area contributed by atoms with Gasteiger partial charge in [0.1, 0.15) is 0 Å². The Morgan fingerprint density at radius 1 is 1.17 bits per heavy atom. The summed E-state index contributed by atoms with van der Waals surface area (Å²) in [6.45, 7) is 11.5. The molecule has 2 unspecified atom stereocenters. The van der Waals surface area contributed by atoms with Crippen LogP contribution in [0.4, 0.5) is 0 Å². The Morgan fingerprint density at radius 3 is 2.50 bits per heavy atom. The predicted molar refractivity (Wildman–Crippen MR) is 82.8 cm³/mol. The molecule has 0 amide bonds. The smallest absolute Gasteiger partial charge is 0.0291 e. The lowest BCUT2D eigenvalue weighted by atomic mass is 9.96. The average Bonchev–Trinajstić information content (AvgIpc) is 2.94. The van der Waals surface area contributed by atoms with Gasteiger partial charge in [-0.3, -0.25) is 0 Å². The molecule has 104 valence electrons. The summed E-state index contributed by atoms with van der Waals surface area (Å²) < 4.78 is 0. The highest BCUT2D eigenvalue weighted by atomic mass is 14.5. The van der Waals surface area contributed by atoms with Crippen molar-refractivity contribution in [1.29, 1.82) is 0 Å². The van der Waals surface area contributed by atoms with E-state index in [1.165, 1.54) is 50.5 Å². The van der Waals surface area contributed by atoms with Crippen molar-refractivity contribution in [2.75, 3.05) is 0 Å². The van der Waals surface area contributed by atoms with Crippen molar-refractivity contribution in [3.8, 4) is 0 Å². The van der Waals surface area contributed by atoms with Crippen LogP contribution in [-0.2, 0) is 0 Å². The first-order valence-corrected chi connectivity index (χ1v) is 7.77. The zero-order valence-corrected chi connectivity index (χ0v) is 13.2. The Bertz CT molecular complexity index is 304.